The predicted octanol–water partition coefficient (Wildman–Crippen LogP) is 0.932. The highest BCUT2D eigenvalue weighted by Crippen LogP contribution is 2.28. The van der Waals surface area contributed by atoms with Gasteiger partial charge in [-0.25, -0.2) is 4.98 Å². The van der Waals surface area contributed by atoms with Gasteiger partial charge in [-0.15, -0.1) is 0 Å². The van der Waals surface area contributed by atoms with E-state index in [-0.39, 0.29) is 0 Å². The highest BCUT2D eigenvalue weighted by Gasteiger charge is 2.27. The molecule has 1 aromatic rings. The van der Waals surface area contributed by atoms with E-state index in [9.17, 15) is 0 Å². The van der Waals surface area contributed by atoms with Crippen LogP contribution in [-0.4, -0.2) is 45.6 Å². The maximum Gasteiger partial charge on any atom is 0.122 e. The zero-order valence-corrected chi connectivity index (χ0v) is 11.5. The highest BCUT2D eigenvalue weighted by atomic mass is 32.2. The molecule has 1 aliphatic rings. The number of rotatable bonds is 5. The molecule has 17 heavy (non-hydrogen) atoms. The number of nitrogens with two attached hydrogens (primary N) is 1. The van der Waals surface area contributed by atoms with Gasteiger partial charge in [-0.1, -0.05) is 0 Å². The van der Waals surface area contributed by atoms with E-state index in [1.165, 1.54) is 17.9 Å². The van der Waals surface area contributed by atoms with Crippen LogP contribution in [0.25, 0.3) is 0 Å². The van der Waals surface area contributed by atoms with Gasteiger partial charge in [0.15, 0.2) is 0 Å². The van der Waals surface area contributed by atoms with E-state index in [0.29, 0.717) is 6.04 Å². The van der Waals surface area contributed by atoms with E-state index < -0.39 is 0 Å². The van der Waals surface area contributed by atoms with Gasteiger partial charge in [0.05, 0.1) is 6.54 Å². The predicted molar refractivity (Wildman–Crippen MR) is 72.9 cm³/mol. The molecule has 96 valence electrons. The molecule has 5 heteroatoms. The summed E-state index contributed by atoms with van der Waals surface area (Å²) >= 11 is 2.05. The molecule has 1 saturated heterocycles. The average Bonchev–Trinajstić information content (AvgIpc) is 2.93. The van der Waals surface area contributed by atoms with Gasteiger partial charge in [0.25, 0.3) is 0 Å². The second-order valence-electron chi connectivity index (χ2n) is 4.80. The molecular formula is C12H22N4S. The fourth-order valence-electron chi connectivity index (χ4n) is 2.48. The Hall–Kier alpha value is -0.520. The van der Waals surface area contributed by atoms with E-state index in [2.05, 4.69) is 33.3 Å². The molecule has 0 bridgehead atoms. The molecule has 0 amide bonds. The van der Waals surface area contributed by atoms with E-state index in [4.69, 9.17) is 5.73 Å². The molecule has 4 nitrogen and oxygen atoms in total. The molecule has 1 aliphatic heterocycles. The van der Waals surface area contributed by atoms with Crippen LogP contribution in [0.4, 0.5) is 0 Å². The monoisotopic (exact) mass is 254 g/mol. The van der Waals surface area contributed by atoms with E-state index in [1.54, 1.807) is 0 Å². The number of aromatic nitrogens is 2. The summed E-state index contributed by atoms with van der Waals surface area (Å²) in [5, 5.41) is 0. The molecular weight excluding hydrogens is 232 g/mol. The van der Waals surface area contributed by atoms with Gasteiger partial charge in [-0.05, 0) is 30.9 Å². The van der Waals surface area contributed by atoms with Crippen LogP contribution in [0.5, 0.6) is 0 Å². The van der Waals surface area contributed by atoms with E-state index in [1.807, 2.05) is 19.4 Å². The van der Waals surface area contributed by atoms with Crippen LogP contribution >= 0.6 is 11.8 Å². The number of likely N-dealkylation sites (N-methyl/N-ethyl adjacent to an activating group) is 1. The largest absolute Gasteiger partial charge is 0.337 e. The third kappa shape index (κ3) is 3.03. The molecule has 0 radical (unpaired) electrons. The highest BCUT2D eigenvalue weighted by molar-refractivity contribution is 7.99. The summed E-state index contributed by atoms with van der Waals surface area (Å²) in [7, 11) is 4.20. The summed E-state index contributed by atoms with van der Waals surface area (Å²) in [6.45, 7) is 1.62. The number of imidazole rings is 1. The van der Waals surface area contributed by atoms with Gasteiger partial charge in [-0.2, -0.15) is 11.8 Å². The van der Waals surface area contributed by atoms with Crippen molar-refractivity contribution in [2.45, 2.75) is 19.0 Å². The van der Waals surface area contributed by atoms with Gasteiger partial charge < -0.3 is 10.3 Å². The lowest BCUT2D eigenvalue weighted by molar-refractivity contribution is 0.179. The fourth-order valence-corrected chi connectivity index (χ4v) is 3.81. The van der Waals surface area contributed by atoms with Crippen molar-refractivity contribution >= 4 is 11.8 Å². The zero-order valence-electron chi connectivity index (χ0n) is 10.7. The molecule has 2 N–H and O–H groups in total. The number of nitrogens with zero attached hydrogens (tertiary/aromatic N) is 3. The second kappa shape index (κ2) is 5.89. The van der Waals surface area contributed by atoms with E-state index >= 15 is 0 Å². The summed E-state index contributed by atoms with van der Waals surface area (Å²) in [5.74, 6) is 4.40. The van der Waals surface area contributed by atoms with Gasteiger partial charge in [0, 0.05) is 32.0 Å². The topological polar surface area (TPSA) is 47.1 Å². The minimum atomic E-state index is 0.488. The van der Waals surface area contributed by atoms with Crippen molar-refractivity contribution in [3.8, 4) is 0 Å². The number of thioether (sulfide) groups is 1. The normalized spacial score (nSPS) is 22.2. The maximum atomic E-state index is 5.94. The number of aryl methyl sites for hydroxylation is 1. The van der Waals surface area contributed by atoms with Crippen LogP contribution in [0, 0.1) is 5.92 Å². The first-order valence-corrected chi connectivity index (χ1v) is 7.32. The molecule has 2 atom stereocenters. The first-order valence-electron chi connectivity index (χ1n) is 6.16. The maximum absolute atomic E-state index is 5.94. The first-order chi connectivity index (χ1) is 8.22. The Labute approximate surface area is 108 Å². The summed E-state index contributed by atoms with van der Waals surface area (Å²) in [6.07, 6.45) is 5.15. The van der Waals surface area contributed by atoms with Crippen molar-refractivity contribution in [2.75, 3.05) is 25.1 Å². The molecule has 0 spiro atoms. The van der Waals surface area contributed by atoms with Crippen LogP contribution in [0.2, 0.25) is 0 Å². The standard InChI is InChI=1S/C12H22N4S/c1-15-5-4-14-12(15)8-16(2)11(7-13)10-3-6-17-9-10/h4-5,10-11H,3,6-9,13H2,1-2H3. The Morgan fingerprint density at radius 1 is 1.71 bits per heavy atom. The smallest absolute Gasteiger partial charge is 0.122 e. The Morgan fingerprint density at radius 3 is 3.06 bits per heavy atom. The number of hydrogen-bond donors (Lipinski definition) is 1. The first kappa shape index (κ1) is 12.9. The summed E-state index contributed by atoms with van der Waals surface area (Å²) in [4.78, 5) is 6.73. The minimum Gasteiger partial charge on any atom is -0.337 e. The molecule has 1 fully saturated rings. The zero-order chi connectivity index (χ0) is 12.3. The summed E-state index contributed by atoms with van der Waals surface area (Å²) in [5.41, 5.74) is 5.94. The Balaban J connectivity index is 1.97. The molecule has 2 rings (SSSR count). The van der Waals surface area contributed by atoms with Crippen LogP contribution in [0.3, 0.4) is 0 Å². The third-order valence-corrected chi connectivity index (χ3v) is 4.82. The quantitative estimate of drug-likeness (QED) is 0.849. The van der Waals surface area contributed by atoms with Gasteiger partial charge >= 0.3 is 0 Å². The Bertz CT molecular complexity index is 346. The lowest BCUT2D eigenvalue weighted by Crippen LogP contribution is -2.43. The molecule has 2 unspecified atom stereocenters. The third-order valence-electron chi connectivity index (χ3n) is 3.63. The minimum absolute atomic E-state index is 0.488. The Kier molecular flexibility index (Phi) is 4.48. The second-order valence-corrected chi connectivity index (χ2v) is 5.95. The SMILES string of the molecule is CN(Cc1nccn1C)C(CN)C1CCSC1. The van der Waals surface area contributed by atoms with Crippen LogP contribution < -0.4 is 5.73 Å². The Morgan fingerprint density at radius 2 is 2.53 bits per heavy atom. The van der Waals surface area contributed by atoms with Gasteiger partial charge in [-0.3, -0.25) is 4.90 Å². The van der Waals surface area contributed by atoms with Crippen molar-refractivity contribution in [1.82, 2.24) is 14.5 Å². The molecule has 2 heterocycles. The number of hydrogen-bond acceptors (Lipinski definition) is 4. The van der Waals surface area contributed by atoms with Gasteiger partial charge in [0.1, 0.15) is 5.82 Å². The van der Waals surface area contributed by atoms with E-state index in [0.717, 1.165) is 24.8 Å². The van der Waals surface area contributed by atoms with Crippen molar-refractivity contribution in [1.29, 1.82) is 0 Å². The summed E-state index contributed by atoms with van der Waals surface area (Å²) in [6, 6.07) is 0.488. The molecule has 0 saturated carbocycles. The van der Waals surface area contributed by atoms with Crippen molar-refractivity contribution in [3.05, 3.63) is 18.2 Å². The van der Waals surface area contributed by atoms with Crippen LogP contribution in [0.1, 0.15) is 12.2 Å². The summed E-state index contributed by atoms with van der Waals surface area (Å²) < 4.78 is 2.08. The lowest BCUT2D eigenvalue weighted by atomic mass is 9.98. The molecule has 1 aromatic heterocycles. The van der Waals surface area contributed by atoms with Crippen LogP contribution in [0.15, 0.2) is 12.4 Å². The molecule has 0 aliphatic carbocycles. The van der Waals surface area contributed by atoms with Crippen molar-refractivity contribution in [2.24, 2.45) is 18.7 Å². The van der Waals surface area contributed by atoms with Gasteiger partial charge in [0.2, 0.25) is 0 Å². The van der Waals surface area contributed by atoms with Crippen molar-refractivity contribution < 1.29 is 0 Å². The molecule has 0 aromatic carbocycles. The lowest BCUT2D eigenvalue weighted by Gasteiger charge is -2.31. The fraction of sp³-hybridized carbons (Fsp3) is 0.750. The van der Waals surface area contributed by atoms with Crippen molar-refractivity contribution in [3.63, 3.8) is 0 Å². The van der Waals surface area contributed by atoms with Crippen LogP contribution in [-0.2, 0) is 13.6 Å². The average molecular weight is 254 g/mol.